The van der Waals surface area contributed by atoms with E-state index in [1.54, 1.807) is 0 Å². The highest BCUT2D eigenvalue weighted by Gasteiger charge is 2.34. The van der Waals surface area contributed by atoms with E-state index >= 15 is 0 Å². The van der Waals surface area contributed by atoms with E-state index in [9.17, 15) is 28.4 Å². The summed E-state index contributed by atoms with van der Waals surface area (Å²) in [4.78, 5) is 23.0. The van der Waals surface area contributed by atoms with Gasteiger partial charge in [0.15, 0.2) is 16.4 Å². The van der Waals surface area contributed by atoms with Gasteiger partial charge in [-0.1, -0.05) is 12.1 Å². The highest BCUT2D eigenvalue weighted by atomic mass is 79.9. The van der Waals surface area contributed by atoms with Gasteiger partial charge in [-0.25, -0.2) is 13.8 Å². The fourth-order valence-corrected chi connectivity index (χ4v) is 5.46. The number of nitrogens with one attached hydrogen (secondary N) is 1. The van der Waals surface area contributed by atoms with Crippen molar-refractivity contribution in [1.82, 2.24) is 5.43 Å². The van der Waals surface area contributed by atoms with Crippen LogP contribution in [0.2, 0.25) is 0 Å². The summed E-state index contributed by atoms with van der Waals surface area (Å²) in [5, 5.41) is 25.4. The second kappa shape index (κ2) is 12.4. The number of rotatable bonds is 11. The lowest BCUT2D eigenvalue weighted by Crippen LogP contribution is -2.40. The molecule has 0 aromatic heterocycles. The summed E-state index contributed by atoms with van der Waals surface area (Å²) in [6, 6.07) is 12.0. The third-order valence-electron chi connectivity index (χ3n) is 5.25. The van der Waals surface area contributed by atoms with Gasteiger partial charge in [0.2, 0.25) is 0 Å². The minimum atomic E-state index is -4.67. The third-order valence-corrected chi connectivity index (χ3v) is 7.66. The van der Waals surface area contributed by atoms with Crippen LogP contribution in [0.1, 0.15) is 5.56 Å². The van der Waals surface area contributed by atoms with Crippen LogP contribution in [0.3, 0.4) is 0 Å². The Hall–Kier alpha value is -4.37. The van der Waals surface area contributed by atoms with Gasteiger partial charge in [-0.15, -0.1) is 0 Å². The van der Waals surface area contributed by atoms with E-state index in [0.717, 1.165) is 12.1 Å². The number of carbonyl (C=O) groups is 1. The fourth-order valence-electron chi connectivity index (χ4n) is 3.40. The first-order chi connectivity index (χ1) is 18.5. The normalized spacial score (nSPS) is 11.2. The smallest absolute Gasteiger partial charge is 0.289 e. The summed E-state index contributed by atoms with van der Waals surface area (Å²) in [6.45, 7) is -0.809. The van der Waals surface area contributed by atoms with Crippen molar-refractivity contribution in [2.75, 3.05) is 32.2 Å². The molecule has 0 saturated heterocycles. The number of methoxy groups -OCH3 is 3. The van der Waals surface area contributed by atoms with Gasteiger partial charge >= 0.3 is 0 Å². The topological polar surface area (TPSA) is 170 Å². The molecule has 0 radical (unpaired) electrons. The molecule has 0 aliphatic rings. The number of ether oxygens (including phenoxy) is 3. The maximum atomic E-state index is 13.7. The maximum Gasteiger partial charge on any atom is 0.289 e. The quantitative estimate of drug-likeness (QED) is 0.185. The number of para-hydroxylation sites is 1. The Morgan fingerprint density at radius 1 is 1.10 bits per heavy atom. The van der Waals surface area contributed by atoms with E-state index < -0.39 is 38.0 Å². The number of amides is 1. The van der Waals surface area contributed by atoms with Crippen LogP contribution < -0.4 is 23.9 Å². The summed E-state index contributed by atoms with van der Waals surface area (Å²) < 4.78 is 44.0. The molecule has 39 heavy (non-hydrogen) atoms. The molecule has 0 atom stereocenters. The molecule has 1 amide bonds. The Morgan fingerprint density at radius 2 is 1.79 bits per heavy atom. The molecule has 3 rings (SSSR count). The van der Waals surface area contributed by atoms with Crippen molar-refractivity contribution in [2.24, 2.45) is 5.10 Å². The Morgan fingerprint density at radius 3 is 2.44 bits per heavy atom. The first kappa shape index (κ1) is 29.2. The average Bonchev–Trinajstić information content (AvgIpc) is 2.93. The van der Waals surface area contributed by atoms with Gasteiger partial charge in [-0.05, 0) is 51.8 Å². The van der Waals surface area contributed by atoms with Crippen LogP contribution in [0.15, 0.2) is 69.1 Å². The van der Waals surface area contributed by atoms with Crippen LogP contribution in [0.4, 0.5) is 11.4 Å². The van der Waals surface area contributed by atoms with Crippen molar-refractivity contribution in [3.8, 4) is 23.0 Å². The summed E-state index contributed by atoms with van der Waals surface area (Å²) in [5.74, 6) is -0.443. The number of aromatic hydroxyl groups is 1. The molecular formula is C24H23BrN4O9S. The SMILES string of the molecule is COc1ccc(N(CC(=O)N/N=C\c2cc(Br)c(O)c(OC)c2)S(=O)(=O)c2ccccc2[N+](=O)[O-])c(OC)c1. The lowest BCUT2D eigenvalue weighted by molar-refractivity contribution is -0.387. The molecule has 0 heterocycles. The highest BCUT2D eigenvalue weighted by molar-refractivity contribution is 9.10. The molecule has 206 valence electrons. The average molecular weight is 623 g/mol. The number of nitrogens with zero attached hydrogens (tertiary/aromatic N) is 3. The summed E-state index contributed by atoms with van der Waals surface area (Å²) >= 11 is 3.18. The summed E-state index contributed by atoms with van der Waals surface area (Å²) in [7, 11) is -0.600. The Kier molecular flexibility index (Phi) is 9.32. The summed E-state index contributed by atoms with van der Waals surface area (Å²) in [6.07, 6.45) is 1.25. The first-order valence-electron chi connectivity index (χ1n) is 10.9. The number of nitro groups is 1. The number of hydrogen-bond acceptors (Lipinski definition) is 10. The number of carbonyl (C=O) groups excluding carboxylic acids is 1. The van der Waals surface area contributed by atoms with Crippen molar-refractivity contribution < 1.29 is 37.5 Å². The molecule has 0 saturated carbocycles. The van der Waals surface area contributed by atoms with Crippen molar-refractivity contribution in [1.29, 1.82) is 0 Å². The van der Waals surface area contributed by atoms with Gasteiger partial charge in [-0.2, -0.15) is 5.10 Å². The number of hydrazone groups is 1. The molecule has 13 nitrogen and oxygen atoms in total. The monoisotopic (exact) mass is 622 g/mol. The molecule has 15 heteroatoms. The Balaban J connectivity index is 1.99. The van der Waals surface area contributed by atoms with Gasteiger partial charge in [0.25, 0.3) is 21.6 Å². The van der Waals surface area contributed by atoms with Crippen molar-refractivity contribution >= 4 is 49.4 Å². The molecule has 0 spiro atoms. The van der Waals surface area contributed by atoms with Crippen LogP contribution in [0, 0.1) is 10.1 Å². The van der Waals surface area contributed by atoms with Gasteiger partial charge in [0, 0.05) is 12.1 Å². The van der Waals surface area contributed by atoms with Crippen LogP contribution in [0.5, 0.6) is 23.0 Å². The molecule has 0 aliphatic carbocycles. The molecule has 3 aromatic carbocycles. The zero-order valence-corrected chi connectivity index (χ0v) is 23.2. The van der Waals surface area contributed by atoms with Gasteiger partial charge in [0.05, 0.1) is 42.6 Å². The molecule has 0 unspecified atom stereocenters. The lowest BCUT2D eigenvalue weighted by Gasteiger charge is -2.25. The molecule has 0 bridgehead atoms. The minimum absolute atomic E-state index is 0.0360. The van der Waals surface area contributed by atoms with Crippen LogP contribution >= 0.6 is 15.9 Å². The van der Waals surface area contributed by atoms with E-state index in [0.29, 0.717) is 20.1 Å². The van der Waals surface area contributed by atoms with Crippen molar-refractivity contribution in [3.63, 3.8) is 0 Å². The number of hydrogen-bond donors (Lipinski definition) is 2. The van der Waals surface area contributed by atoms with Crippen LogP contribution in [0.25, 0.3) is 0 Å². The second-order valence-electron chi connectivity index (χ2n) is 7.62. The Bertz CT molecular complexity index is 1530. The van der Waals surface area contributed by atoms with E-state index in [4.69, 9.17) is 14.2 Å². The fraction of sp³-hybridized carbons (Fsp3) is 0.167. The van der Waals surface area contributed by atoms with E-state index in [2.05, 4.69) is 26.5 Å². The summed E-state index contributed by atoms with van der Waals surface area (Å²) in [5.41, 5.74) is 1.94. The highest BCUT2D eigenvalue weighted by Crippen LogP contribution is 2.37. The Labute approximate surface area is 231 Å². The number of halogens is 1. The van der Waals surface area contributed by atoms with E-state index in [1.807, 2.05) is 0 Å². The van der Waals surface area contributed by atoms with Gasteiger partial charge in [0.1, 0.15) is 18.0 Å². The lowest BCUT2D eigenvalue weighted by atomic mass is 10.2. The largest absolute Gasteiger partial charge is 0.503 e. The standard InChI is InChI=1S/C24H23BrN4O9S/c1-36-16-8-9-18(20(12-16)37-2)28(39(34,35)22-7-5-4-6-19(22)29(32)33)14-23(30)27-26-13-15-10-17(25)24(31)21(11-15)38-3/h4-13,31H,14H2,1-3H3,(H,27,30)/b26-13-. The number of anilines is 1. The minimum Gasteiger partial charge on any atom is -0.503 e. The van der Waals surface area contributed by atoms with Crippen LogP contribution in [-0.4, -0.2) is 58.4 Å². The van der Waals surface area contributed by atoms with Gasteiger partial charge < -0.3 is 19.3 Å². The first-order valence-corrected chi connectivity index (χ1v) is 13.1. The number of nitro benzene ring substituents is 1. The zero-order valence-electron chi connectivity index (χ0n) is 20.8. The maximum absolute atomic E-state index is 13.7. The zero-order chi connectivity index (χ0) is 28.7. The predicted octanol–water partition coefficient (Wildman–Crippen LogP) is 3.43. The van der Waals surface area contributed by atoms with Crippen LogP contribution in [-0.2, 0) is 14.8 Å². The van der Waals surface area contributed by atoms with E-state index in [1.165, 1.54) is 70.0 Å². The van der Waals surface area contributed by atoms with Crippen molar-refractivity contribution in [2.45, 2.75) is 4.90 Å². The molecule has 0 aliphatic heterocycles. The number of phenolic OH excluding ortho intramolecular Hbond substituents is 1. The van der Waals surface area contributed by atoms with E-state index in [-0.39, 0.29) is 22.9 Å². The predicted molar refractivity (Wildman–Crippen MR) is 145 cm³/mol. The molecule has 0 fully saturated rings. The van der Waals surface area contributed by atoms with Gasteiger partial charge in [-0.3, -0.25) is 19.2 Å². The molecular weight excluding hydrogens is 600 g/mol. The molecule has 3 aromatic rings. The third kappa shape index (κ3) is 6.56. The molecule has 2 N–H and O–H groups in total. The number of sulfonamides is 1. The van der Waals surface area contributed by atoms with Crippen molar-refractivity contribution in [3.05, 3.63) is 74.7 Å². The number of benzene rings is 3. The second-order valence-corrected chi connectivity index (χ2v) is 10.3. The number of phenols is 1.